The van der Waals surface area contributed by atoms with E-state index in [1.165, 1.54) is 11.8 Å². The normalized spacial score (nSPS) is 11.6. The van der Waals surface area contributed by atoms with Crippen molar-refractivity contribution in [2.45, 2.75) is 50.0 Å². The Morgan fingerprint density at radius 2 is 1.85 bits per heavy atom. The molecule has 0 aliphatic rings. The maximum atomic E-state index is 4.44. The van der Waals surface area contributed by atoms with E-state index in [2.05, 4.69) is 47.1 Å². The van der Waals surface area contributed by atoms with Gasteiger partial charge in [0, 0.05) is 30.7 Å². The van der Waals surface area contributed by atoms with Crippen molar-refractivity contribution < 1.29 is 0 Å². The van der Waals surface area contributed by atoms with Crippen LogP contribution in [-0.4, -0.2) is 20.5 Å². The SMILES string of the molecule is Cc1cnc(Sc2ncccc2CNC(C)(C)C)nc1. The van der Waals surface area contributed by atoms with Gasteiger partial charge in [0.05, 0.1) is 0 Å². The monoisotopic (exact) mass is 288 g/mol. The number of nitrogens with zero attached hydrogens (tertiary/aromatic N) is 3. The molecule has 2 rings (SSSR count). The summed E-state index contributed by atoms with van der Waals surface area (Å²) >= 11 is 1.50. The van der Waals surface area contributed by atoms with E-state index >= 15 is 0 Å². The van der Waals surface area contributed by atoms with Gasteiger partial charge in [-0.05, 0) is 56.7 Å². The number of aromatic nitrogens is 3. The molecular weight excluding hydrogens is 268 g/mol. The molecule has 0 aliphatic carbocycles. The van der Waals surface area contributed by atoms with E-state index in [9.17, 15) is 0 Å². The van der Waals surface area contributed by atoms with Gasteiger partial charge in [-0.25, -0.2) is 15.0 Å². The second kappa shape index (κ2) is 6.33. The fourth-order valence-corrected chi connectivity index (χ4v) is 2.30. The lowest BCUT2D eigenvalue weighted by atomic mass is 10.1. The van der Waals surface area contributed by atoms with E-state index in [0.717, 1.165) is 27.9 Å². The van der Waals surface area contributed by atoms with Crippen molar-refractivity contribution >= 4 is 11.8 Å². The lowest BCUT2D eigenvalue weighted by Crippen LogP contribution is -2.35. The van der Waals surface area contributed by atoms with Crippen LogP contribution in [-0.2, 0) is 6.54 Å². The molecule has 0 radical (unpaired) electrons. The summed E-state index contributed by atoms with van der Waals surface area (Å²) in [4.78, 5) is 13.1. The zero-order chi connectivity index (χ0) is 14.6. The predicted octanol–water partition coefficient (Wildman–Crippen LogP) is 3.22. The van der Waals surface area contributed by atoms with Crippen LogP contribution in [0.5, 0.6) is 0 Å². The van der Waals surface area contributed by atoms with Gasteiger partial charge in [0.1, 0.15) is 5.03 Å². The number of pyridine rings is 1. The van der Waals surface area contributed by atoms with Crippen molar-refractivity contribution in [2.75, 3.05) is 0 Å². The van der Waals surface area contributed by atoms with Crippen LogP contribution in [0, 0.1) is 6.92 Å². The van der Waals surface area contributed by atoms with Crippen molar-refractivity contribution in [3.63, 3.8) is 0 Å². The third kappa shape index (κ3) is 4.58. The zero-order valence-electron chi connectivity index (χ0n) is 12.3. The van der Waals surface area contributed by atoms with Crippen LogP contribution in [0.4, 0.5) is 0 Å². The Morgan fingerprint density at radius 3 is 2.50 bits per heavy atom. The first-order valence-electron chi connectivity index (χ1n) is 6.59. The van der Waals surface area contributed by atoms with Gasteiger partial charge in [-0.1, -0.05) is 6.07 Å². The first-order valence-corrected chi connectivity index (χ1v) is 7.41. The number of nitrogens with one attached hydrogen (secondary N) is 1. The van der Waals surface area contributed by atoms with Gasteiger partial charge in [0.15, 0.2) is 5.16 Å². The van der Waals surface area contributed by atoms with E-state index in [4.69, 9.17) is 0 Å². The van der Waals surface area contributed by atoms with Gasteiger partial charge in [-0.2, -0.15) is 0 Å². The van der Waals surface area contributed by atoms with Crippen LogP contribution in [0.1, 0.15) is 31.9 Å². The number of hydrogen-bond acceptors (Lipinski definition) is 5. The zero-order valence-corrected chi connectivity index (χ0v) is 13.2. The molecule has 1 N–H and O–H groups in total. The predicted molar refractivity (Wildman–Crippen MR) is 81.7 cm³/mol. The highest BCUT2D eigenvalue weighted by atomic mass is 32.2. The second-order valence-corrected chi connectivity index (χ2v) is 6.67. The Kier molecular flexibility index (Phi) is 4.73. The summed E-state index contributed by atoms with van der Waals surface area (Å²) in [6, 6.07) is 4.04. The Bertz CT molecular complexity index is 561. The fourth-order valence-electron chi connectivity index (χ4n) is 1.53. The van der Waals surface area contributed by atoms with Crippen molar-refractivity contribution in [2.24, 2.45) is 0 Å². The fraction of sp³-hybridized carbons (Fsp3) is 0.400. The van der Waals surface area contributed by atoms with E-state index in [1.807, 2.05) is 25.4 Å². The molecule has 0 saturated carbocycles. The molecule has 0 aromatic carbocycles. The maximum Gasteiger partial charge on any atom is 0.193 e. The summed E-state index contributed by atoms with van der Waals surface area (Å²) in [7, 11) is 0. The Labute approximate surface area is 124 Å². The first kappa shape index (κ1) is 14.9. The molecule has 0 atom stereocenters. The minimum atomic E-state index is 0.0815. The molecule has 0 bridgehead atoms. The van der Waals surface area contributed by atoms with Crippen LogP contribution in [0.3, 0.4) is 0 Å². The third-order valence-electron chi connectivity index (χ3n) is 2.60. The molecule has 2 aromatic rings. The molecule has 20 heavy (non-hydrogen) atoms. The van der Waals surface area contributed by atoms with Gasteiger partial charge in [0.2, 0.25) is 0 Å². The summed E-state index contributed by atoms with van der Waals surface area (Å²) in [6.07, 6.45) is 5.45. The van der Waals surface area contributed by atoms with Crippen molar-refractivity contribution in [3.05, 3.63) is 41.9 Å². The molecular formula is C15H20N4S. The molecule has 0 unspecified atom stereocenters. The van der Waals surface area contributed by atoms with E-state index in [0.29, 0.717) is 0 Å². The van der Waals surface area contributed by atoms with Gasteiger partial charge in [-0.3, -0.25) is 0 Å². The quantitative estimate of drug-likeness (QED) is 0.875. The van der Waals surface area contributed by atoms with E-state index < -0.39 is 0 Å². The number of hydrogen-bond donors (Lipinski definition) is 1. The standard InChI is InChI=1S/C15H20N4S/c1-11-8-17-14(18-9-11)20-13-12(6-5-7-16-13)10-19-15(2,3)4/h5-9,19H,10H2,1-4H3. The summed E-state index contributed by atoms with van der Waals surface area (Å²) in [5, 5.41) is 5.16. The van der Waals surface area contributed by atoms with E-state index in [1.54, 1.807) is 6.20 Å². The molecule has 0 fully saturated rings. The smallest absolute Gasteiger partial charge is 0.193 e. The number of aryl methyl sites for hydroxylation is 1. The van der Waals surface area contributed by atoms with E-state index in [-0.39, 0.29) is 5.54 Å². The number of rotatable bonds is 4. The molecule has 2 aromatic heterocycles. The van der Waals surface area contributed by atoms with Crippen molar-refractivity contribution in [1.82, 2.24) is 20.3 Å². The lowest BCUT2D eigenvalue weighted by Gasteiger charge is -2.21. The van der Waals surface area contributed by atoms with Crippen LogP contribution >= 0.6 is 11.8 Å². The topological polar surface area (TPSA) is 50.7 Å². The van der Waals surface area contributed by atoms with Gasteiger partial charge >= 0.3 is 0 Å². The highest BCUT2D eigenvalue weighted by Crippen LogP contribution is 2.25. The molecule has 0 amide bonds. The highest BCUT2D eigenvalue weighted by Gasteiger charge is 2.12. The summed E-state index contributed by atoms with van der Waals surface area (Å²) < 4.78 is 0. The largest absolute Gasteiger partial charge is 0.308 e. The van der Waals surface area contributed by atoms with Gasteiger partial charge < -0.3 is 5.32 Å². The molecule has 5 heteroatoms. The summed E-state index contributed by atoms with van der Waals surface area (Å²) in [6.45, 7) is 9.22. The maximum absolute atomic E-state index is 4.44. The Hall–Kier alpha value is -1.46. The lowest BCUT2D eigenvalue weighted by molar-refractivity contribution is 0.422. The highest BCUT2D eigenvalue weighted by molar-refractivity contribution is 7.99. The van der Waals surface area contributed by atoms with Crippen LogP contribution < -0.4 is 5.32 Å². The first-order chi connectivity index (χ1) is 9.44. The van der Waals surface area contributed by atoms with Gasteiger partial charge in [0.25, 0.3) is 0 Å². The molecule has 4 nitrogen and oxygen atoms in total. The van der Waals surface area contributed by atoms with Crippen molar-refractivity contribution in [3.8, 4) is 0 Å². The van der Waals surface area contributed by atoms with Crippen molar-refractivity contribution in [1.29, 1.82) is 0 Å². The van der Waals surface area contributed by atoms with Gasteiger partial charge in [-0.15, -0.1) is 0 Å². The average molecular weight is 288 g/mol. The Balaban J connectivity index is 2.13. The minimum Gasteiger partial charge on any atom is -0.308 e. The molecule has 2 heterocycles. The molecule has 0 saturated heterocycles. The Morgan fingerprint density at radius 1 is 1.15 bits per heavy atom. The molecule has 0 spiro atoms. The van der Waals surface area contributed by atoms with Crippen LogP contribution in [0.25, 0.3) is 0 Å². The molecule has 0 aliphatic heterocycles. The van der Waals surface area contributed by atoms with Crippen LogP contribution in [0.2, 0.25) is 0 Å². The van der Waals surface area contributed by atoms with Crippen LogP contribution in [0.15, 0.2) is 40.9 Å². The summed E-state index contributed by atoms with van der Waals surface area (Å²) in [5.41, 5.74) is 2.31. The average Bonchev–Trinajstić information content (AvgIpc) is 2.39. The third-order valence-corrected chi connectivity index (χ3v) is 3.56. The minimum absolute atomic E-state index is 0.0815. The second-order valence-electron chi connectivity index (χ2n) is 5.72. The molecule has 106 valence electrons. The summed E-state index contributed by atoms with van der Waals surface area (Å²) in [5.74, 6) is 0.